The third-order valence-electron chi connectivity index (χ3n) is 3.08. The lowest BCUT2D eigenvalue weighted by Gasteiger charge is -2.30. The summed E-state index contributed by atoms with van der Waals surface area (Å²) in [5.41, 5.74) is 0. The standard InChI is InChI=1S/C16H26O6/c1-4-7-8-9-10-11-12-13(17)16(20,21-14(18)5-2)22-15(19)6-3/h5-6,13,17,20H,2-4,7-12H2,1H3. The Morgan fingerprint density at radius 1 is 1.05 bits per heavy atom. The molecule has 0 aliphatic heterocycles. The third-order valence-corrected chi connectivity index (χ3v) is 3.08. The Bertz CT molecular complexity index is 355. The fourth-order valence-corrected chi connectivity index (χ4v) is 1.83. The van der Waals surface area contributed by atoms with Gasteiger partial charge in [0.05, 0.1) is 0 Å². The van der Waals surface area contributed by atoms with E-state index in [9.17, 15) is 19.8 Å². The first-order valence-electron chi connectivity index (χ1n) is 7.50. The van der Waals surface area contributed by atoms with Crippen LogP contribution in [-0.2, 0) is 19.1 Å². The number of aliphatic hydroxyl groups is 2. The van der Waals surface area contributed by atoms with E-state index < -0.39 is 24.0 Å². The van der Waals surface area contributed by atoms with E-state index in [4.69, 9.17) is 0 Å². The molecular weight excluding hydrogens is 288 g/mol. The molecule has 126 valence electrons. The topological polar surface area (TPSA) is 93.1 Å². The summed E-state index contributed by atoms with van der Waals surface area (Å²) < 4.78 is 9.15. The van der Waals surface area contributed by atoms with Gasteiger partial charge >= 0.3 is 17.9 Å². The van der Waals surface area contributed by atoms with E-state index in [2.05, 4.69) is 29.6 Å². The lowest BCUT2D eigenvalue weighted by atomic mass is 10.1. The average Bonchev–Trinajstić information content (AvgIpc) is 2.49. The first-order chi connectivity index (χ1) is 10.4. The smallest absolute Gasteiger partial charge is 0.393 e. The van der Waals surface area contributed by atoms with Gasteiger partial charge in [0.2, 0.25) is 0 Å². The molecule has 0 aromatic heterocycles. The van der Waals surface area contributed by atoms with Crippen LogP contribution >= 0.6 is 0 Å². The second-order valence-electron chi connectivity index (χ2n) is 4.95. The van der Waals surface area contributed by atoms with Crippen molar-refractivity contribution in [3.63, 3.8) is 0 Å². The summed E-state index contributed by atoms with van der Waals surface area (Å²) in [6.07, 6.45) is 6.03. The van der Waals surface area contributed by atoms with Crippen LogP contribution in [0.5, 0.6) is 0 Å². The van der Waals surface area contributed by atoms with E-state index in [0.717, 1.165) is 44.3 Å². The minimum absolute atomic E-state index is 0.122. The SMILES string of the molecule is C=CC(=O)OC(O)(OC(=O)C=C)C(O)CCCCCCCC. The summed E-state index contributed by atoms with van der Waals surface area (Å²) in [6, 6.07) is 0. The van der Waals surface area contributed by atoms with Crippen LogP contribution in [0.4, 0.5) is 0 Å². The lowest BCUT2D eigenvalue weighted by molar-refractivity contribution is -0.358. The van der Waals surface area contributed by atoms with E-state index in [1.165, 1.54) is 0 Å². The van der Waals surface area contributed by atoms with Gasteiger partial charge in [-0.3, -0.25) is 0 Å². The molecule has 0 fully saturated rings. The van der Waals surface area contributed by atoms with Crippen LogP contribution in [0.3, 0.4) is 0 Å². The Hall–Kier alpha value is -1.66. The van der Waals surface area contributed by atoms with Gasteiger partial charge in [-0.15, -0.1) is 0 Å². The second-order valence-corrected chi connectivity index (χ2v) is 4.95. The minimum atomic E-state index is -2.74. The van der Waals surface area contributed by atoms with Crippen LogP contribution in [0.25, 0.3) is 0 Å². The molecule has 0 aliphatic carbocycles. The number of hydrogen-bond donors (Lipinski definition) is 2. The van der Waals surface area contributed by atoms with Gasteiger partial charge in [0, 0.05) is 12.2 Å². The van der Waals surface area contributed by atoms with Crippen LogP contribution in [0, 0.1) is 0 Å². The number of ether oxygens (including phenoxy) is 2. The summed E-state index contributed by atoms with van der Waals surface area (Å²) >= 11 is 0. The first kappa shape index (κ1) is 20.3. The number of hydrogen-bond acceptors (Lipinski definition) is 6. The molecule has 0 saturated carbocycles. The van der Waals surface area contributed by atoms with Gasteiger partial charge in [-0.25, -0.2) is 9.59 Å². The van der Waals surface area contributed by atoms with Crippen molar-refractivity contribution in [3.05, 3.63) is 25.3 Å². The lowest BCUT2D eigenvalue weighted by Crippen LogP contribution is -2.49. The number of aliphatic hydroxyl groups excluding tert-OH is 1. The van der Waals surface area contributed by atoms with Crippen molar-refractivity contribution in [3.8, 4) is 0 Å². The van der Waals surface area contributed by atoms with Gasteiger partial charge < -0.3 is 19.7 Å². The molecule has 1 unspecified atom stereocenters. The average molecular weight is 314 g/mol. The van der Waals surface area contributed by atoms with Crippen LogP contribution < -0.4 is 0 Å². The fourth-order valence-electron chi connectivity index (χ4n) is 1.83. The van der Waals surface area contributed by atoms with E-state index >= 15 is 0 Å². The molecule has 0 aromatic carbocycles. The predicted molar refractivity (Wildman–Crippen MR) is 81.5 cm³/mol. The highest BCUT2D eigenvalue weighted by Gasteiger charge is 2.43. The van der Waals surface area contributed by atoms with Gasteiger partial charge in [-0.05, 0) is 6.42 Å². The molecule has 1 atom stereocenters. The van der Waals surface area contributed by atoms with Crippen LogP contribution in [0.2, 0.25) is 0 Å². The molecule has 0 aromatic rings. The van der Waals surface area contributed by atoms with Gasteiger partial charge in [0.25, 0.3) is 0 Å². The molecule has 0 heterocycles. The maximum absolute atomic E-state index is 11.2. The van der Waals surface area contributed by atoms with Crippen LogP contribution in [0.15, 0.2) is 25.3 Å². The van der Waals surface area contributed by atoms with E-state index in [1.807, 2.05) is 0 Å². The third kappa shape index (κ3) is 7.95. The molecule has 22 heavy (non-hydrogen) atoms. The zero-order valence-corrected chi connectivity index (χ0v) is 13.1. The molecular formula is C16H26O6. The second kappa shape index (κ2) is 11.0. The quantitative estimate of drug-likeness (QED) is 0.248. The Balaban J connectivity index is 4.51. The van der Waals surface area contributed by atoms with Crippen molar-refractivity contribution in [2.75, 3.05) is 0 Å². The van der Waals surface area contributed by atoms with Crippen LogP contribution in [0.1, 0.15) is 51.9 Å². The Morgan fingerprint density at radius 2 is 1.50 bits per heavy atom. The summed E-state index contributed by atoms with van der Waals surface area (Å²) in [6.45, 7) is 8.48. The van der Waals surface area contributed by atoms with Gasteiger partial charge in [0.1, 0.15) is 0 Å². The largest absolute Gasteiger partial charge is 0.401 e. The minimum Gasteiger partial charge on any atom is -0.393 e. The van der Waals surface area contributed by atoms with Crippen molar-refractivity contribution in [2.24, 2.45) is 0 Å². The van der Waals surface area contributed by atoms with Crippen molar-refractivity contribution in [1.29, 1.82) is 0 Å². The number of carbonyl (C=O) groups excluding carboxylic acids is 2. The molecule has 2 N–H and O–H groups in total. The highest BCUT2D eigenvalue weighted by Crippen LogP contribution is 2.21. The Morgan fingerprint density at radius 3 is 1.95 bits per heavy atom. The zero-order chi connectivity index (χ0) is 17.0. The highest BCUT2D eigenvalue weighted by molar-refractivity contribution is 5.83. The zero-order valence-electron chi connectivity index (χ0n) is 13.1. The first-order valence-corrected chi connectivity index (χ1v) is 7.50. The Labute approximate surface area is 131 Å². The van der Waals surface area contributed by atoms with Gasteiger partial charge in [-0.1, -0.05) is 58.6 Å². The molecule has 6 heteroatoms. The molecule has 0 amide bonds. The van der Waals surface area contributed by atoms with Gasteiger partial charge in [0.15, 0.2) is 6.10 Å². The monoisotopic (exact) mass is 314 g/mol. The predicted octanol–water partition coefficient (Wildman–Crippen LogP) is 2.20. The van der Waals surface area contributed by atoms with Crippen molar-refractivity contribution < 1.29 is 29.3 Å². The highest BCUT2D eigenvalue weighted by atomic mass is 16.8. The Kier molecular flexibility index (Phi) is 10.2. The maximum Gasteiger partial charge on any atom is 0.401 e. The summed E-state index contributed by atoms with van der Waals surface area (Å²) in [5, 5.41) is 20.1. The molecule has 0 rings (SSSR count). The van der Waals surface area contributed by atoms with Gasteiger partial charge in [-0.2, -0.15) is 0 Å². The van der Waals surface area contributed by atoms with Crippen molar-refractivity contribution in [1.82, 2.24) is 0 Å². The molecule has 0 radical (unpaired) electrons. The van der Waals surface area contributed by atoms with Crippen LogP contribution in [-0.4, -0.2) is 34.2 Å². The van der Waals surface area contributed by atoms with E-state index in [-0.39, 0.29) is 6.42 Å². The van der Waals surface area contributed by atoms with E-state index in [1.54, 1.807) is 0 Å². The summed E-state index contributed by atoms with van der Waals surface area (Å²) in [4.78, 5) is 22.4. The summed E-state index contributed by atoms with van der Waals surface area (Å²) in [7, 11) is 0. The molecule has 0 saturated heterocycles. The normalized spacial score (nSPS) is 12.3. The molecule has 0 bridgehead atoms. The number of carbonyl (C=O) groups is 2. The molecule has 0 aliphatic rings. The molecule has 0 spiro atoms. The van der Waals surface area contributed by atoms with E-state index in [0.29, 0.717) is 6.42 Å². The number of esters is 2. The molecule has 6 nitrogen and oxygen atoms in total. The number of rotatable bonds is 12. The fraction of sp³-hybridized carbons (Fsp3) is 0.625. The van der Waals surface area contributed by atoms with Crippen molar-refractivity contribution in [2.45, 2.75) is 63.9 Å². The number of unbranched alkanes of at least 4 members (excludes halogenated alkanes) is 5. The maximum atomic E-state index is 11.2. The summed E-state index contributed by atoms with van der Waals surface area (Å²) in [5.74, 6) is -4.76. The van der Waals surface area contributed by atoms with Crippen molar-refractivity contribution >= 4 is 11.9 Å².